The number of rotatable bonds is 6. The van der Waals surface area contributed by atoms with Crippen LogP contribution in [0.5, 0.6) is 5.75 Å². The van der Waals surface area contributed by atoms with Gasteiger partial charge in [0, 0.05) is 9.92 Å². The van der Waals surface area contributed by atoms with Crippen LogP contribution in [0.2, 0.25) is 10.0 Å². The Balaban J connectivity index is 1.77. The molecule has 2 N–H and O–H groups in total. The predicted octanol–water partition coefficient (Wildman–Crippen LogP) is 3.48. The van der Waals surface area contributed by atoms with Gasteiger partial charge in [0.25, 0.3) is 0 Å². The van der Waals surface area contributed by atoms with Crippen molar-refractivity contribution in [3.05, 3.63) is 58.1 Å². The number of hydrazine groups is 1. The molecule has 25 heavy (non-hydrogen) atoms. The molecule has 0 spiro atoms. The first-order chi connectivity index (χ1) is 12.0. The summed E-state index contributed by atoms with van der Waals surface area (Å²) in [6.07, 6.45) is 0.130. The summed E-state index contributed by atoms with van der Waals surface area (Å²) < 4.78 is 5.10. The molecule has 132 valence electrons. The van der Waals surface area contributed by atoms with E-state index in [-0.39, 0.29) is 24.0 Å². The maximum atomic E-state index is 11.9. The normalized spacial score (nSPS) is 10.2. The van der Waals surface area contributed by atoms with Crippen molar-refractivity contribution in [2.24, 2.45) is 0 Å². The Hall–Kier alpha value is -1.89. The summed E-state index contributed by atoms with van der Waals surface area (Å²) in [5, 5.41) is 1.06. The van der Waals surface area contributed by atoms with Crippen LogP contribution in [0.1, 0.15) is 5.56 Å². The average molecular weight is 399 g/mol. The number of hydrogen-bond donors (Lipinski definition) is 2. The summed E-state index contributed by atoms with van der Waals surface area (Å²) in [7, 11) is 1.56. The lowest BCUT2D eigenvalue weighted by Gasteiger charge is -2.09. The number of carbonyl (C=O) groups excluding carboxylic acids is 2. The Labute approximate surface area is 160 Å². The fourth-order valence-electron chi connectivity index (χ4n) is 1.92. The summed E-state index contributed by atoms with van der Waals surface area (Å²) in [4.78, 5) is 24.4. The highest BCUT2D eigenvalue weighted by atomic mass is 35.5. The van der Waals surface area contributed by atoms with Gasteiger partial charge in [0.1, 0.15) is 5.75 Å². The van der Waals surface area contributed by atoms with Crippen molar-refractivity contribution in [1.29, 1.82) is 0 Å². The molecule has 0 saturated carbocycles. The molecule has 0 aliphatic carbocycles. The summed E-state index contributed by atoms with van der Waals surface area (Å²) >= 11 is 13.2. The highest BCUT2D eigenvalue weighted by Crippen LogP contribution is 2.29. The van der Waals surface area contributed by atoms with Crippen molar-refractivity contribution < 1.29 is 14.3 Å². The Bertz CT molecular complexity index is 771. The van der Waals surface area contributed by atoms with E-state index in [1.807, 2.05) is 0 Å². The van der Waals surface area contributed by atoms with E-state index in [0.29, 0.717) is 20.7 Å². The fourth-order valence-corrected chi connectivity index (χ4v) is 3.21. The SMILES string of the molecule is COc1cccc(CC(=O)NNC(=O)CSc2cc(Cl)ccc2Cl)c1. The van der Waals surface area contributed by atoms with E-state index < -0.39 is 0 Å². The van der Waals surface area contributed by atoms with Gasteiger partial charge in [-0.05, 0) is 35.9 Å². The Kier molecular flexibility index (Phi) is 7.43. The second-order valence-corrected chi connectivity index (χ2v) is 6.85. The van der Waals surface area contributed by atoms with Crippen LogP contribution in [0.4, 0.5) is 0 Å². The lowest BCUT2D eigenvalue weighted by Crippen LogP contribution is -2.43. The van der Waals surface area contributed by atoms with Crippen LogP contribution in [0.25, 0.3) is 0 Å². The molecule has 2 rings (SSSR count). The van der Waals surface area contributed by atoms with E-state index in [2.05, 4.69) is 10.9 Å². The molecule has 0 saturated heterocycles. The number of benzene rings is 2. The van der Waals surface area contributed by atoms with Crippen molar-refractivity contribution >= 4 is 46.8 Å². The maximum Gasteiger partial charge on any atom is 0.248 e. The van der Waals surface area contributed by atoms with Gasteiger partial charge in [-0.2, -0.15) is 0 Å². The fraction of sp³-hybridized carbons (Fsp3) is 0.176. The van der Waals surface area contributed by atoms with E-state index >= 15 is 0 Å². The first kappa shape index (κ1) is 19.4. The molecule has 0 aliphatic heterocycles. The third kappa shape index (κ3) is 6.49. The number of thioether (sulfide) groups is 1. The lowest BCUT2D eigenvalue weighted by molar-refractivity contribution is -0.127. The molecule has 2 aromatic rings. The van der Waals surface area contributed by atoms with Crippen LogP contribution in [0.15, 0.2) is 47.4 Å². The summed E-state index contributed by atoms with van der Waals surface area (Å²) in [6, 6.07) is 12.2. The van der Waals surface area contributed by atoms with Crippen LogP contribution in [-0.2, 0) is 16.0 Å². The Morgan fingerprint density at radius 1 is 1.08 bits per heavy atom. The summed E-state index contributed by atoms with van der Waals surface area (Å²) in [6.45, 7) is 0. The molecular weight excluding hydrogens is 383 g/mol. The van der Waals surface area contributed by atoms with Gasteiger partial charge in [-0.3, -0.25) is 20.4 Å². The molecule has 0 radical (unpaired) electrons. The van der Waals surface area contributed by atoms with Gasteiger partial charge in [0.2, 0.25) is 11.8 Å². The third-order valence-corrected chi connectivity index (χ3v) is 4.82. The van der Waals surface area contributed by atoms with Gasteiger partial charge in [-0.1, -0.05) is 35.3 Å². The maximum absolute atomic E-state index is 11.9. The number of carbonyl (C=O) groups is 2. The molecule has 0 aromatic heterocycles. The average Bonchev–Trinajstić information content (AvgIpc) is 2.61. The lowest BCUT2D eigenvalue weighted by atomic mass is 10.1. The van der Waals surface area contributed by atoms with Crippen LogP contribution in [0.3, 0.4) is 0 Å². The minimum absolute atomic E-state index is 0.0967. The van der Waals surface area contributed by atoms with E-state index in [4.69, 9.17) is 27.9 Å². The number of amides is 2. The second kappa shape index (κ2) is 9.56. The smallest absolute Gasteiger partial charge is 0.248 e. The van der Waals surface area contributed by atoms with Crippen LogP contribution >= 0.6 is 35.0 Å². The van der Waals surface area contributed by atoms with Gasteiger partial charge in [0.15, 0.2) is 0 Å². The molecule has 0 atom stereocenters. The molecule has 5 nitrogen and oxygen atoms in total. The van der Waals surface area contributed by atoms with Crippen molar-refractivity contribution in [3.63, 3.8) is 0 Å². The summed E-state index contributed by atoms with van der Waals surface area (Å²) in [5.41, 5.74) is 5.53. The molecule has 0 bridgehead atoms. The minimum atomic E-state index is -0.347. The molecule has 0 heterocycles. The zero-order valence-corrected chi connectivity index (χ0v) is 15.7. The van der Waals surface area contributed by atoms with Gasteiger partial charge in [-0.15, -0.1) is 11.8 Å². The minimum Gasteiger partial charge on any atom is -0.497 e. The highest BCUT2D eigenvalue weighted by Gasteiger charge is 2.09. The standard InChI is InChI=1S/C17H16Cl2N2O3S/c1-24-13-4-2-3-11(7-13)8-16(22)20-21-17(23)10-25-15-9-12(18)5-6-14(15)19/h2-7,9H,8,10H2,1H3,(H,20,22)(H,21,23). The molecule has 2 amide bonds. The van der Waals surface area contributed by atoms with E-state index in [9.17, 15) is 9.59 Å². The summed E-state index contributed by atoms with van der Waals surface area (Å²) in [5.74, 6) is 0.0935. The second-order valence-electron chi connectivity index (χ2n) is 4.99. The molecule has 0 unspecified atom stereocenters. The molecule has 0 fully saturated rings. The van der Waals surface area contributed by atoms with Gasteiger partial charge in [0.05, 0.1) is 24.3 Å². The molecule has 0 aliphatic rings. The van der Waals surface area contributed by atoms with Crippen molar-refractivity contribution in [1.82, 2.24) is 10.9 Å². The predicted molar refractivity (Wildman–Crippen MR) is 100 cm³/mol. The first-order valence-corrected chi connectivity index (χ1v) is 9.00. The zero-order valence-electron chi connectivity index (χ0n) is 13.3. The van der Waals surface area contributed by atoms with Crippen LogP contribution in [-0.4, -0.2) is 24.7 Å². The number of nitrogens with one attached hydrogen (secondary N) is 2. The number of hydrogen-bond acceptors (Lipinski definition) is 4. The third-order valence-electron chi connectivity index (χ3n) is 3.09. The van der Waals surface area contributed by atoms with Gasteiger partial charge >= 0.3 is 0 Å². The Morgan fingerprint density at radius 3 is 2.60 bits per heavy atom. The largest absolute Gasteiger partial charge is 0.497 e. The van der Waals surface area contributed by atoms with Gasteiger partial charge < -0.3 is 4.74 Å². The number of methoxy groups -OCH3 is 1. The number of ether oxygens (including phenoxy) is 1. The quantitative estimate of drug-likeness (QED) is 0.577. The van der Waals surface area contributed by atoms with Crippen molar-refractivity contribution in [3.8, 4) is 5.75 Å². The zero-order chi connectivity index (χ0) is 18.2. The van der Waals surface area contributed by atoms with E-state index in [1.54, 1.807) is 49.6 Å². The first-order valence-electron chi connectivity index (χ1n) is 7.26. The van der Waals surface area contributed by atoms with Crippen molar-refractivity contribution in [2.75, 3.05) is 12.9 Å². The topological polar surface area (TPSA) is 67.4 Å². The molecule has 2 aromatic carbocycles. The van der Waals surface area contributed by atoms with E-state index in [1.165, 1.54) is 11.8 Å². The molecular formula is C17H16Cl2N2O3S. The Morgan fingerprint density at radius 2 is 1.84 bits per heavy atom. The van der Waals surface area contributed by atoms with Crippen LogP contribution < -0.4 is 15.6 Å². The monoisotopic (exact) mass is 398 g/mol. The highest BCUT2D eigenvalue weighted by molar-refractivity contribution is 8.00. The van der Waals surface area contributed by atoms with E-state index in [0.717, 1.165) is 5.56 Å². The van der Waals surface area contributed by atoms with Crippen molar-refractivity contribution in [2.45, 2.75) is 11.3 Å². The van der Waals surface area contributed by atoms with Gasteiger partial charge in [-0.25, -0.2) is 0 Å². The number of halogens is 2. The van der Waals surface area contributed by atoms with Crippen LogP contribution in [0, 0.1) is 0 Å². The molecule has 8 heteroatoms.